The van der Waals surface area contributed by atoms with E-state index in [0.717, 1.165) is 17.5 Å². The van der Waals surface area contributed by atoms with Crippen molar-refractivity contribution in [2.45, 2.75) is 31.2 Å². The van der Waals surface area contributed by atoms with E-state index in [1.807, 2.05) is 12.1 Å². The zero-order valence-corrected chi connectivity index (χ0v) is 16.9. The van der Waals surface area contributed by atoms with Crippen LogP contribution in [0.25, 0.3) is 0 Å². The number of unbranched alkanes of at least 4 members (excludes halogenated alkanes) is 1. The average molecular weight is 381 g/mol. The van der Waals surface area contributed by atoms with E-state index in [4.69, 9.17) is 9.47 Å². The molecule has 2 aliphatic rings. The molecule has 2 aromatic carbocycles. The van der Waals surface area contributed by atoms with E-state index in [1.54, 1.807) is 0 Å². The number of ether oxygens (including phenoxy) is 2. The standard InChI is InChI=1S/C24H32N2O2/c1-25-16-18-26(19-17-25)15-9-8-14-23-20-27-24(28-23,21-10-4-2-5-11-21)22-12-6-3-7-13-22/h2-7,10-13,23H,8-9,14-20H2,1H3. The summed E-state index contributed by atoms with van der Waals surface area (Å²) in [7, 11) is 2.21. The summed E-state index contributed by atoms with van der Waals surface area (Å²) in [6.07, 6.45) is 3.61. The highest BCUT2D eigenvalue weighted by atomic mass is 16.7. The molecule has 4 rings (SSSR count). The number of hydrogen-bond acceptors (Lipinski definition) is 4. The van der Waals surface area contributed by atoms with Crippen molar-refractivity contribution >= 4 is 0 Å². The van der Waals surface area contributed by atoms with Crippen molar-refractivity contribution in [1.29, 1.82) is 0 Å². The van der Waals surface area contributed by atoms with E-state index in [2.05, 4.69) is 65.4 Å². The number of piperazine rings is 1. The number of benzene rings is 2. The van der Waals surface area contributed by atoms with Gasteiger partial charge >= 0.3 is 0 Å². The molecule has 2 aromatic rings. The number of hydrogen-bond donors (Lipinski definition) is 0. The van der Waals surface area contributed by atoms with Crippen LogP contribution in [0.5, 0.6) is 0 Å². The third-order valence-corrected chi connectivity index (χ3v) is 5.96. The first kappa shape index (κ1) is 19.6. The highest BCUT2D eigenvalue weighted by Gasteiger charge is 2.44. The van der Waals surface area contributed by atoms with Gasteiger partial charge in [0, 0.05) is 37.3 Å². The Morgan fingerprint density at radius 1 is 0.857 bits per heavy atom. The monoisotopic (exact) mass is 380 g/mol. The SMILES string of the molecule is CN1CCN(CCCCC2COC(c3ccccc3)(c3ccccc3)O2)CC1. The molecule has 0 radical (unpaired) electrons. The molecule has 1 unspecified atom stereocenters. The minimum Gasteiger partial charge on any atom is -0.339 e. The van der Waals surface area contributed by atoms with Gasteiger partial charge in [-0.2, -0.15) is 0 Å². The molecule has 0 bridgehead atoms. The van der Waals surface area contributed by atoms with E-state index in [1.165, 1.54) is 45.6 Å². The first-order chi connectivity index (χ1) is 13.8. The second-order valence-corrected chi connectivity index (χ2v) is 8.04. The van der Waals surface area contributed by atoms with Crippen LogP contribution in [0.3, 0.4) is 0 Å². The second kappa shape index (κ2) is 9.19. The summed E-state index contributed by atoms with van der Waals surface area (Å²) in [4.78, 5) is 5.00. The van der Waals surface area contributed by atoms with Gasteiger partial charge in [0.1, 0.15) is 0 Å². The third-order valence-electron chi connectivity index (χ3n) is 5.96. The van der Waals surface area contributed by atoms with E-state index >= 15 is 0 Å². The molecule has 2 aliphatic heterocycles. The molecular formula is C24H32N2O2. The fourth-order valence-corrected chi connectivity index (χ4v) is 4.22. The minimum atomic E-state index is -0.773. The van der Waals surface area contributed by atoms with Crippen LogP contribution in [0.2, 0.25) is 0 Å². The van der Waals surface area contributed by atoms with E-state index in [0.29, 0.717) is 6.61 Å². The van der Waals surface area contributed by atoms with Crippen LogP contribution < -0.4 is 0 Å². The van der Waals surface area contributed by atoms with Crippen molar-refractivity contribution in [2.75, 3.05) is 46.4 Å². The molecule has 150 valence electrons. The Balaban J connectivity index is 1.34. The summed E-state index contributed by atoms with van der Waals surface area (Å²) in [5.41, 5.74) is 2.14. The Bertz CT molecular complexity index is 674. The zero-order valence-electron chi connectivity index (χ0n) is 16.9. The summed E-state index contributed by atoms with van der Waals surface area (Å²) < 4.78 is 12.9. The van der Waals surface area contributed by atoms with Gasteiger partial charge in [-0.1, -0.05) is 60.7 Å². The number of likely N-dealkylation sites (N-methyl/N-ethyl adjacent to an activating group) is 1. The molecule has 2 fully saturated rings. The van der Waals surface area contributed by atoms with Gasteiger partial charge in [-0.3, -0.25) is 0 Å². The maximum absolute atomic E-state index is 6.58. The number of nitrogens with zero attached hydrogens (tertiary/aromatic N) is 2. The van der Waals surface area contributed by atoms with Crippen LogP contribution in [-0.4, -0.2) is 62.3 Å². The Morgan fingerprint density at radius 2 is 1.46 bits per heavy atom. The summed E-state index contributed by atoms with van der Waals surface area (Å²) >= 11 is 0. The van der Waals surface area contributed by atoms with Gasteiger partial charge in [-0.15, -0.1) is 0 Å². The molecule has 0 aliphatic carbocycles. The van der Waals surface area contributed by atoms with E-state index in [-0.39, 0.29) is 6.10 Å². The van der Waals surface area contributed by atoms with Crippen molar-refractivity contribution in [3.63, 3.8) is 0 Å². The molecule has 0 amide bonds. The van der Waals surface area contributed by atoms with Crippen LogP contribution >= 0.6 is 0 Å². The van der Waals surface area contributed by atoms with Crippen molar-refractivity contribution in [2.24, 2.45) is 0 Å². The van der Waals surface area contributed by atoms with Crippen molar-refractivity contribution in [1.82, 2.24) is 9.80 Å². The molecule has 4 nitrogen and oxygen atoms in total. The maximum atomic E-state index is 6.58. The van der Waals surface area contributed by atoms with Gasteiger partial charge in [-0.05, 0) is 32.9 Å². The highest BCUT2D eigenvalue weighted by molar-refractivity contribution is 5.34. The van der Waals surface area contributed by atoms with Gasteiger partial charge in [-0.25, -0.2) is 0 Å². The Labute approximate surface area is 169 Å². The van der Waals surface area contributed by atoms with Gasteiger partial charge in [0.15, 0.2) is 0 Å². The average Bonchev–Trinajstić information content (AvgIpc) is 3.19. The van der Waals surface area contributed by atoms with Crippen molar-refractivity contribution in [3.8, 4) is 0 Å². The van der Waals surface area contributed by atoms with Crippen molar-refractivity contribution < 1.29 is 9.47 Å². The van der Waals surface area contributed by atoms with Gasteiger partial charge in [0.05, 0.1) is 12.7 Å². The predicted molar refractivity (Wildman–Crippen MR) is 112 cm³/mol. The predicted octanol–water partition coefficient (Wildman–Crippen LogP) is 3.72. The third kappa shape index (κ3) is 4.47. The lowest BCUT2D eigenvalue weighted by atomic mass is 9.97. The van der Waals surface area contributed by atoms with Crippen molar-refractivity contribution in [3.05, 3.63) is 71.8 Å². The van der Waals surface area contributed by atoms with Gasteiger partial charge in [0.25, 0.3) is 0 Å². The smallest absolute Gasteiger partial charge is 0.222 e. The fraction of sp³-hybridized carbons (Fsp3) is 0.500. The fourth-order valence-electron chi connectivity index (χ4n) is 4.22. The van der Waals surface area contributed by atoms with E-state index < -0.39 is 5.79 Å². The Kier molecular flexibility index (Phi) is 6.43. The Hall–Kier alpha value is -1.72. The molecule has 0 aromatic heterocycles. The highest BCUT2D eigenvalue weighted by Crippen LogP contribution is 2.41. The second-order valence-electron chi connectivity index (χ2n) is 8.04. The zero-order chi connectivity index (χ0) is 19.2. The summed E-state index contributed by atoms with van der Waals surface area (Å²) in [6.45, 7) is 6.63. The summed E-state index contributed by atoms with van der Waals surface area (Å²) in [5, 5.41) is 0. The Morgan fingerprint density at radius 3 is 2.07 bits per heavy atom. The largest absolute Gasteiger partial charge is 0.339 e. The molecule has 4 heteroatoms. The molecule has 1 atom stereocenters. The summed E-state index contributed by atoms with van der Waals surface area (Å²) in [5.74, 6) is -0.773. The first-order valence-electron chi connectivity index (χ1n) is 10.6. The van der Waals surface area contributed by atoms with Crippen LogP contribution in [0.15, 0.2) is 60.7 Å². The van der Waals surface area contributed by atoms with Crippen LogP contribution in [-0.2, 0) is 15.3 Å². The molecule has 0 N–H and O–H groups in total. The minimum absolute atomic E-state index is 0.146. The summed E-state index contributed by atoms with van der Waals surface area (Å²) in [6, 6.07) is 20.7. The molecule has 0 spiro atoms. The molecule has 0 saturated carbocycles. The molecule has 2 saturated heterocycles. The molecule has 2 heterocycles. The maximum Gasteiger partial charge on any atom is 0.222 e. The normalized spacial score (nSPS) is 23.1. The molecule has 28 heavy (non-hydrogen) atoms. The van der Waals surface area contributed by atoms with Gasteiger partial charge in [0.2, 0.25) is 5.79 Å². The van der Waals surface area contributed by atoms with E-state index in [9.17, 15) is 0 Å². The number of rotatable bonds is 7. The lowest BCUT2D eigenvalue weighted by molar-refractivity contribution is -0.143. The van der Waals surface area contributed by atoms with Crippen LogP contribution in [0.1, 0.15) is 30.4 Å². The van der Waals surface area contributed by atoms with Gasteiger partial charge < -0.3 is 19.3 Å². The lowest BCUT2D eigenvalue weighted by Crippen LogP contribution is -2.44. The van der Waals surface area contributed by atoms with Crippen LogP contribution in [0, 0.1) is 0 Å². The lowest BCUT2D eigenvalue weighted by Gasteiger charge is -2.32. The first-order valence-corrected chi connectivity index (χ1v) is 10.6. The molecular weight excluding hydrogens is 348 g/mol. The quantitative estimate of drug-likeness (QED) is 0.684. The topological polar surface area (TPSA) is 24.9 Å². The van der Waals surface area contributed by atoms with Crippen LogP contribution in [0.4, 0.5) is 0 Å².